The number of para-hydroxylation sites is 1. The average Bonchev–Trinajstić information content (AvgIpc) is 2.62. The Morgan fingerprint density at radius 2 is 1.81 bits per heavy atom. The zero-order chi connectivity index (χ0) is 19.4. The molecule has 0 saturated heterocycles. The molecule has 0 aliphatic rings. The first-order chi connectivity index (χ1) is 12.9. The van der Waals surface area contributed by atoms with Crippen molar-refractivity contribution >= 4 is 34.7 Å². The van der Waals surface area contributed by atoms with Gasteiger partial charge < -0.3 is 15.4 Å². The van der Waals surface area contributed by atoms with Gasteiger partial charge in [-0.3, -0.25) is 0 Å². The highest BCUT2D eigenvalue weighted by molar-refractivity contribution is 6.32. The number of rotatable bonds is 5. The first-order valence-corrected chi connectivity index (χ1v) is 8.11. The van der Waals surface area contributed by atoms with Crippen LogP contribution < -0.4 is 15.4 Å². The average molecular weight is 395 g/mol. The van der Waals surface area contributed by atoms with Crippen LogP contribution in [0.15, 0.2) is 54.7 Å². The zero-order valence-corrected chi connectivity index (χ0v) is 14.8. The van der Waals surface area contributed by atoms with Gasteiger partial charge in [0.15, 0.2) is 0 Å². The minimum atomic E-state index is -4.49. The van der Waals surface area contributed by atoms with Crippen LogP contribution in [-0.2, 0) is 6.18 Å². The summed E-state index contributed by atoms with van der Waals surface area (Å²) in [6, 6.07) is 11.8. The quantitative estimate of drug-likeness (QED) is 0.586. The molecule has 0 amide bonds. The molecule has 5 nitrogen and oxygen atoms in total. The van der Waals surface area contributed by atoms with Crippen molar-refractivity contribution in [2.45, 2.75) is 6.18 Å². The maximum absolute atomic E-state index is 13.1. The lowest BCUT2D eigenvalue weighted by Gasteiger charge is -2.14. The van der Waals surface area contributed by atoms with Crippen LogP contribution in [0.4, 0.5) is 36.3 Å². The van der Waals surface area contributed by atoms with Crippen LogP contribution >= 0.6 is 11.6 Å². The van der Waals surface area contributed by atoms with Crippen molar-refractivity contribution in [2.75, 3.05) is 17.7 Å². The first-order valence-electron chi connectivity index (χ1n) is 7.73. The fourth-order valence-corrected chi connectivity index (χ4v) is 2.60. The minimum Gasteiger partial charge on any atom is -0.495 e. The molecule has 0 atom stereocenters. The van der Waals surface area contributed by atoms with Crippen molar-refractivity contribution in [1.82, 2.24) is 9.97 Å². The van der Waals surface area contributed by atoms with Gasteiger partial charge in [-0.05, 0) is 36.4 Å². The van der Waals surface area contributed by atoms with Gasteiger partial charge in [-0.25, -0.2) is 4.98 Å². The van der Waals surface area contributed by atoms with E-state index < -0.39 is 11.7 Å². The molecule has 140 valence electrons. The van der Waals surface area contributed by atoms with Gasteiger partial charge in [0, 0.05) is 11.9 Å². The Balaban J connectivity index is 1.82. The fourth-order valence-electron chi connectivity index (χ4n) is 2.34. The second-order valence-corrected chi connectivity index (χ2v) is 5.82. The minimum absolute atomic E-state index is 0.0244. The Kier molecular flexibility index (Phi) is 5.36. The molecule has 3 aromatic rings. The van der Waals surface area contributed by atoms with Crippen molar-refractivity contribution in [3.05, 3.63) is 65.3 Å². The van der Waals surface area contributed by atoms with Crippen LogP contribution in [-0.4, -0.2) is 17.1 Å². The Labute approximate surface area is 158 Å². The van der Waals surface area contributed by atoms with Gasteiger partial charge in [-0.1, -0.05) is 23.7 Å². The highest BCUT2D eigenvalue weighted by Gasteiger charge is 2.33. The first kappa shape index (κ1) is 18.8. The summed E-state index contributed by atoms with van der Waals surface area (Å²) in [6.07, 6.45) is -3.06. The number of nitrogens with one attached hydrogen (secondary N) is 2. The van der Waals surface area contributed by atoms with Crippen molar-refractivity contribution < 1.29 is 17.9 Å². The topological polar surface area (TPSA) is 59.1 Å². The lowest BCUT2D eigenvalue weighted by Crippen LogP contribution is -2.09. The third-order valence-corrected chi connectivity index (χ3v) is 3.85. The number of aromatic nitrogens is 2. The molecule has 0 bridgehead atoms. The number of methoxy groups -OCH3 is 1. The number of ether oxygens (including phenoxy) is 1. The van der Waals surface area contributed by atoms with Gasteiger partial charge in [0.05, 0.1) is 23.4 Å². The second kappa shape index (κ2) is 7.71. The smallest absolute Gasteiger partial charge is 0.418 e. The third-order valence-electron chi connectivity index (χ3n) is 3.56. The van der Waals surface area contributed by atoms with E-state index >= 15 is 0 Å². The molecule has 0 aliphatic heterocycles. The lowest BCUT2D eigenvalue weighted by molar-refractivity contribution is -0.136. The highest BCUT2D eigenvalue weighted by atomic mass is 35.5. The van der Waals surface area contributed by atoms with Gasteiger partial charge in [0.2, 0.25) is 5.95 Å². The van der Waals surface area contributed by atoms with E-state index in [-0.39, 0.29) is 11.6 Å². The molecule has 9 heteroatoms. The van der Waals surface area contributed by atoms with E-state index in [1.54, 1.807) is 24.3 Å². The van der Waals surface area contributed by atoms with Crippen LogP contribution in [0.2, 0.25) is 5.02 Å². The molecule has 2 N–H and O–H groups in total. The summed E-state index contributed by atoms with van der Waals surface area (Å²) in [5.74, 6) is 0.936. The molecule has 1 heterocycles. The van der Waals surface area contributed by atoms with Crippen molar-refractivity contribution in [2.24, 2.45) is 0 Å². The van der Waals surface area contributed by atoms with Gasteiger partial charge in [0.1, 0.15) is 11.6 Å². The van der Waals surface area contributed by atoms with Gasteiger partial charge in [-0.15, -0.1) is 0 Å². The zero-order valence-electron chi connectivity index (χ0n) is 14.0. The number of alkyl halides is 3. The normalized spacial score (nSPS) is 11.1. The van der Waals surface area contributed by atoms with E-state index in [4.69, 9.17) is 16.3 Å². The predicted octanol–water partition coefficient (Wildman–Crippen LogP) is 5.64. The standard InChI is InChI=1S/C18H14ClF3N4O/c1-27-15-7-6-11(10-13(15)19)24-16-8-9-23-17(26-16)25-14-5-3-2-4-12(14)18(20,21)22/h2-10H,1H3,(H2,23,24,25,26). The summed E-state index contributed by atoms with van der Waals surface area (Å²) < 4.78 is 44.4. The summed E-state index contributed by atoms with van der Waals surface area (Å²) in [5, 5.41) is 6.03. The molecule has 0 spiro atoms. The molecule has 1 aromatic heterocycles. The molecule has 0 aliphatic carbocycles. The highest BCUT2D eigenvalue weighted by Crippen LogP contribution is 2.35. The largest absolute Gasteiger partial charge is 0.495 e. The van der Waals surface area contributed by atoms with E-state index in [1.807, 2.05) is 0 Å². The van der Waals surface area contributed by atoms with E-state index in [2.05, 4.69) is 20.6 Å². The molecule has 0 fully saturated rings. The van der Waals surface area contributed by atoms with Crippen molar-refractivity contribution in [3.63, 3.8) is 0 Å². The SMILES string of the molecule is COc1ccc(Nc2ccnc(Nc3ccccc3C(F)(F)F)n2)cc1Cl. The van der Waals surface area contributed by atoms with Crippen LogP contribution in [0.3, 0.4) is 0 Å². The number of anilines is 4. The van der Waals surface area contributed by atoms with E-state index in [0.29, 0.717) is 22.3 Å². The lowest BCUT2D eigenvalue weighted by atomic mass is 10.1. The predicted molar refractivity (Wildman–Crippen MR) is 98.0 cm³/mol. The number of nitrogens with zero attached hydrogens (tertiary/aromatic N) is 2. The van der Waals surface area contributed by atoms with Crippen LogP contribution in [0.5, 0.6) is 5.75 Å². The fraction of sp³-hybridized carbons (Fsp3) is 0.111. The summed E-state index contributed by atoms with van der Waals surface area (Å²) in [4.78, 5) is 8.15. The molecule has 27 heavy (non-hydrogen) atoms. The van der Waals surface area contributed by atoms with Gasteiger partial charge in [-0.2, -0.15) is 18.2 Å². The molecule has 3 rings (SSSR count). The van der Waals surface area contributed by atoms with Crippen molar-refractivity contribution in [3.8, 4) is 5.75 Å². The Bertz CT molecular complexity index is 950. The second-order valence-electron chi connectivity index (χ2n) is 5.41. The van der Waals surface area contributed by atoms with Gasteiger partial charge in [0.25, 0.3) is 0 Å². The number of hydrogen-bond acceptors (Lipinski definition) is 5. The monoisotopic (exact) mass is 394 g/mol. The molecular weight excluding hydrogens is 381 g/mol. The molecule has 2 aromatic carbocycles. The summed E-state index contributed by atoms with van der Waals surface area (Å²) in [6.45, 7) is 0. The Morgan fingerprint density at radius 3 is 2.52 bits per heavy atom. The third kappa shape index (κ3) is 4.59. The number of hydrogen-bond donors (Lipinski definition) is 2. The van der Waals surface area contributed by atoms with E-state index in [9.17, 15) is 13.2 Å². The summed E-state index contributed by atoms with van der Waals surface area (Å²) >= 11 is 6.08. The number of halogens is 4. The Morgan fingerprint density at radius 1 is 1.04 bits per heavy atom. The van der Waals surface area contributed by atoms with Crippen LogP contribution in [0.25, 0.3) is 0 Å². The van der Waals surface area contributed by atoms with Gasteiger partial charge >= 0.3 is 6.18 Å². The Hall–Kier alpha value is -3.00. The maximum Gasteiger partial charge on any atom is 0.418 e. The van der Waals surface area contributed by atoms with Crippen molar-refractivity contribution in [1.29, 1.82) is 0 Å². The summed E-state index contributed by atoms with van der Waals surface area (Å²) in [5.41, 5.74) is -0.287. The van der Waals surface area contributed by atoms with Crippen LogP contribution in [0, 0.1) is 0 Å². The molecule has 0 radical (unpaired) electrons. The number of benzene rings is 2. The van der Waals surface area contributed by atoms with Crippen LogP contribution in [0.1, 0.15) is 5.56 Å². The maximum atomic E-state index is 13.1. The molecule has 0 saturated carbocycles. The van der Waals surface area contributed by atoms with E-state index in [1.165, 1.54) is 31.5 Å². The summed E-state index contributed by atoms with van der Waals surface area (Å²) in [7, 11) is 1.51. The van der Waals surface area contributed by atoms with E-state index in [0.717, 1.165) is 6.07 Å². The molecular formula is C18H14ClF3N4O. The molecule has 0 unspecified atom stereocenters.